The van der Waals surface area contributed by atoms with E-state index < -0.39 is 17.7 Å². The summed E-state index contributed by atoms with van der Waals surface area (Å²) >= 11 is 1.31. The Balaban J connectivity index is 1.73. The molecule has 3 aromatic rings. The van der Waals surface area contributed by atoms with Crippen LogP contribution >= 0.6 is 11.3 Å². The van der Waals surface area contributed by atoms with E-state index in [0.717, 1.165) is 19.2 Å². The van der Waals surface area contributed by atoms with Crippen LogP contribution in [0.25, 0.3) is 4.96 Å². The minimum absolute atomic E-state index is 0.0234. The Morgan fingerprint density at radius 2 is 1.93 bits per heavy atom. The average Bonchev–Trinajstić information content (AvgIpc) is 3.26. The van der Waals surface area contributed by atoms with Crippen LogP contribution in [0.3, 0.4) is 0 Å². The third-order valence-corrected chi connectivity index (χ3v) is 6.33. The van der Waals surface area contributed by atoms with Crippen LogP contribution in [-0.4, -0.2) is 73.9 Å². The highest BCUT2D eigenvalue weighted by molar-refractivity contribution is 7.17. The zero-order valence-corrected chi connectivity index (χ0v) is 16.9. The number of aliphatic hydroxyl groups excluding tert-OH is 1. The van der Waals surface area contributed by atoms with Gasteiger partial charge in [-0.05, 0) is 17.7 Å². The van der Waals surface area contributed by atoms with Gasteiger partial charge in [-0.15, -0.1) is 5.10 Å². The molecule has 156 valence electrons. The minimum atomic E-state index is -0.918. The van der Waals surface area contributed by atoms with Crippen LogP contribution in [0.5, 0.6) is 5.88 Å². The molecule has 0 amide bonds. The molecule has 0 bridgehead atoms. The highest BCUT2D eigenvalue weighted by Crippen LogP contribution is 2.40. The number of fused-ring (bicyclic) bond motifs is 1. The van der Waals surface area contributed by atoms with Gasteiger partial charge in [-0.2, -0.15) is 4.52 Å². The van der Waals surface area contributed by atoms with Crippen LogP contribution in [0.2, 0.25) is 0 Å². The molecule has 1 aliphatic rings. The maximum Gasteiger partial charge on any atom is 0.230 e. The molecule has 7 nitrogen and oxygen atoms in total. The molecule has 0 spiro atoms. The molecule has 4 rings (SSSR count). The highest BCUT2D eigenvalue weighted by Gasteiger charge is 2.32. The first-order valence-electron chi connectivity index (χ1n) is 9.61. The normalized spacial score (nSPS) is 17.2. The number of β-amino-alcohol motifs (C(OH)–C–C–N with tert-alkyl or cyclic N) is 1. The van der Waals surface area contributed by atoms with Gasteiger partial charge in [0.15, 0.2) is 17.5 Å². The lowest BCUT2D eigenvalue weighted by Crippen LogP contribution is -2.48. The van der Waals surface area contributed by atoms with Gasteiger partial charge < -0.3 is 10.2 Å². The molecule has 1 fully saturated rings. The Morgan fingerprint density at radius 1 is 1.17 bits per heavy atom. The molecular weight excluding hydrogens is 400 g/mol. The van der Waals surface area contributed by atoms with Crippen LogP contribution in [0, 0.1) is 11.6 Å². The van der Waals surface area contributed by atoms with E-state index in [9.17, 15) is 13.9 Å². The third kappa shape index (κ3) is 3.85. The zero-order valence-electron chi connectivity index (χ0n) is 16.1. The molecule has 0 saturated carbocycles. The van der Waals surface area contributed by atoms with Crippen molar-refractivity contribution in [1.82, 2.24) is 24.4 Å². The number of thiazole rings is 1. The Hall–Kier alpha value is -2.14. The topological polar surface area (TPSA) is 77.1 Å². The smallest absolute Gasteiger partial charge is 0.230 e. The number of aliphatic hydroxyl groups is 1. The molecule has 1 aromatic carbocycles. The quantitative estimate of drug-likeness (QED) is 0.632. The van der Waals surface area contributed by atoms with Gasteiger partial charge in [0, 0.05) is 39.1 Å². The zero-order chi connectivity index (χ0) is 20.5. The van der Waals surface area contributed by atoms with Gasteiger partial charge in [-0.25, -0.2) is 13.8 Å². The first kappa shape index (κ1) is 20.1. The lowest BCUT2D eigenvalue weighted by Gasteiger charge is -2.39. The van der Waals surface area contributed by atoms with Crippen molar-refractivity contribution >= 4 is 16.3 Å². The molecule has 1 atom stereocenters. The van der Waals surface area contributed by atoms with E-state index in [1.54, 1.807) is 6.07 Å². The molecular formula is C19H23F2N5O2S. The second-order valence-electron chi connectivity index (χ2n) is 7.04. The van der Waals surface area contributed by atoms with Crippen LogP contribution in [0.15, 0.2) is 18.2 Å². The number of hydrogen-bond acceptors (Lipinski definition) is 7. The van der Waals surface area contributed by atoms with Crippen LogP contribution in [-0.2, 0) is 6.42 Å². The first-order valence-corrected chi connectivity index (χ1v) is 10.4. The average molecular weight is 423 g/mol. The fraction of sp³-hybridized carbons (Fsp3) is 0.474. The van der Waals surface area contributed by atoms with E-state index in [2.05, 4.69) is 19.9 Å². The summed E-state index contributed by atoms with van der Waals surface area (Å²) in [5.41, 5.74) is 0.565. The summed E-state index contributed by atoms with van der Waals surface area (Å²) in [7, 11) is 0. The van der Waals surface area contributed by atoms with Gasteiger partial charge in [0.1, 0.15) is 0 Å². The molecule has 0 aliphatic carbocycles. The maximum atomic E-state index is 14.0. The van der Waals surface area contributed by atoms with Gasteiger partial charge in [-0.3, -0.25) is 9.80 Å². The van der Waals surface area contributed by atoms with E-state index in [1.807, 2.05) is 6.92 Å². The molecule has 29 heavy (non-hydrogen) atoms. The minimum Gasteiger partial charge on any atom is -0.492 e. The van der Waals surface area contributed by atoms with Gasteiger partial charge >= 0.3 is 0 Å². The van der Waals surface area contributed by atoms with Crippen molar-refractivity contribution in [3.63, 3.8) is 0 Å². The van der Waals surface area contributed by atoms with Gasteiger partial charge in [0.2, 0.25) is 10.8 Å². The largest absolute Gasteiger partial charge is 0.492 e. The maximum absolute atomic E-state index is 14.0. The molecule has 10 heteroatoms. The van der Waals surface area contributed by atoms with Crippen molar-refractivity contribution in [2.24, 2.45) is 0 Å². The summed E-state index contributed by atoms with van der Waals surface area (Å²) in [6, 6.07) is 3.41. The predicted molar refractivity (Wildman–Crippen MR) is 105 cm³/mol. The fourth-order valence-electron chi connectivity index (χ4n) is 3.72. The summed E-state index contributed by atoms with van der Waals surface area (Å²) in [4.78, 5) is 9.87. The van der Waals surface area contributed by atoms with Crippen molar-refractivity contribution in [2.45, 2.75) is 19.4 Å². The lowest BCUT2D eigenvalue weighted by molar-refractivity contribution is 0.0944. The summed E-state index contributed by atoms with van der Waals surface area (Å²) in [6.07, 6.45) is 0.655. The van der Waals surface area contributed by atoms with E-state index in [-0.39, 0.29) is 12.5 Å². The first-order chi connectivity index (χ1) is 14.0. The highest BCUT2D eigenvalue weighted by atomic mass is 32.1. The number of piperazine rings is 1. The van der Waals surface area contributed by atoms with E-state index in [0.29, 0.717) is 47.3 Å². The standard InChI is InChI=1S/C19H23F2N5O2S/c1-2-15-22-19-26(23-15)18(28)17(29-19)16(12-3-4-13(20)14(21)11-12)25-7-5-24(6-8-25)9-10-27/h3-4,11,16,27-28H,2,5-10H2,1H3/t16-/m0/s1. The van der Waals surface area contributed by atoms with Crippen molar-refractivity contribution in [3.05, 3.63) is 46.1 Å². The van der Waals surface area contributed by atoms with E-state index >= 15 is 0 Å². The SMILES string of the molecule is CCc1nc2sc([C@H](c3ccc(F)c(F)c3)N3CCN(CCO)CC3)c(O)n2n1. The summed E-state index contributed by atoms with van der Waals surface area (Å²) in [6.45, 7) is 5.44. The van der Waals surface area contributed by atoms with Crippen molar-refractivity contribution in [1.29, 1.82) is 0 Å². The van der Waals surface area contributed by atoms with Crippen molar-refractivity contribution in [2.75, 3.05) is 39.3 Å². The van der Waals surface area contributed by atoms with Gasteiger partial charge in [0.25, 0.3) is 0 Å². The van der Waals surface area contributed by atoms with E-state index in [1.165, 1.54) is 21.9 Å². The Labute approximate surface area is 170 Å². The summed E-state index contributed by atoms with van der Waals surface area (Å²) in [5.74, 6) is -1.21. The molecule has 3 heterocycles. The van der Waals surface area contributed by atoms with Crippen molar-refractivity contribution in [3.8, 4) is 5.88 Å². The van der Waals surface area contributed by atoms with Gasteiger partial charge in [-0.1, -0.05) is 24.3 Å². The fourth-order valence-corrected chi connectivity index (χ4v) is 4.85. The molecule has 1 aliphatic heterocycles. The number of nitrogens with zero attached hydrogens (tertiary/aromatic N) is 5. The molecule has 1 saturated heterocycles. The number of benzene rings is 1. The third-order valence-electron chi connectivity index (χ3n) is 5.26. The number of halogens is 2. The lowest BCUT2D eigenvalue weighted by atomic mass is 10.0. The van der Waals surface area contributed by atoms with Crippen molar-refractivity contribution < 1.29 is 19.0 Å². The predicted octanol–water partition coefficient (Wildman–Crippen LogP) is 2.04. The number of aryl methyl sites for hydroxylation is 1. The summed E-state index contributed by atoms with van der Waals surface area (Å²) < 4.78 is 29.0. The second kappa shape index (κ2) is 8.31. The second-order valence-corrected chi connectivity index (χ2v) is 8.05. The van der Waals surface area contributed by atoms with Crippen LogP contribution in [0.1, 0.15) is 29.2 Å². The van der Waals surface area contributed by atoms with Crippen LogP contribution in [0.4, 0.5) is 8.78 Å². The number of aromatic hydroxyl groups is 1. The molecule has 2 N–H and O–H groups in total. The molecule has 0 radical (unpaired) electrons. The molecule has 2 aromatic heterocycles. The monoisotopic (exact) mass is 423 g/mol. The molecule has 0 unspecified atom stereocenters. The van der Waals surface area contributed by atoms with E-state index in [4.69, 9.17) is 5.11 Å². The van der Waals surface area contributed by atoms with Gasteiger partial charge in [0.05, 0.1) is 17.5 Å². The number of hydrogen-bond donors (Lipinski definition) is 2. The Bertz CT molecular complexity index is 1000. The Morgan fingerprint density at radius 3 is 2.55 bits per heavy atom. The van der Waals surface area contributed by atoms with Crippen LogP contribution < -0.4 is 0 Å². The number of rotatable bonds is 6. The number of aromatic nitrogens is 3. The summed E-state index contributed by atoms with van der Waals surface area (Å²) in [5, 5.41) is 24.3. The Kier molecular flexibility index (Phi) is 5.77.